The van der Waals surface area contributed by atoms with Gasteiger partial charge < -0.3 is 9.84 Å². The molecule has 0 bridgehead atoms. The van der Waals surface area contributed by atoms with Crippen molar-refractivity contribution in [2.75, 3.05) is 13.3 Å². The first-order valence-corrected chi connectivity index (χ1v) is 5.21. The molecule has 0 fully saturated rings. The summed E-state index contributed by atoms with van der Waals surface area (Å²) in [5, 5.41) is 8.54. The fourth-order valence-electron chi connectivity index (χ4n) is 1.19. The van der Waals surface area contributed by atoms with Crippen LogP contribution in [0.1, 0.15) is 17.8 Å². The molecule has 0 saturated carbocycles. The second-order valence-electron chi connectivity index (χ2n) is 3.40. The topological polar surface area (TPSA) is 59.4 Å². The Morgan fingerprint density at radius 1 is 1.59 bits per heavy atom. The van der Waals surface area contributed by atoms with Gasteiger partial charge in [-0.15, -0.1) is 0 Å². The molecule has 1 rings (SSSR count). The fraction of sp³-hybridized carbons (Fsp3) is 0.333. The number of ether oxygens (including phenoxy) is 1. The molecule has 0 aromatic carbocycles. The molecular weight excluding hydrogens is 225 g/mol. The smallest absolute Gasteiger partial charge is 0.328 e. The van der Waals surface area contributed by atoms with Crippen LogP contribution >= 0.6 is 0 Å². The Morgan fingerprint density at radius 3 is 3.00 bits per heavy atom. The van der Waals surface area contributed by atoms with E-state index in [4.69, 9.17) is 9.84 Å². The molecule has 0 spiro atoms. The highest BCUT2D eigenvalue weighted by Gasteiger charge is 2.03. The van der Waals surface area contributed by atoms with Crippen LogP contribution in [0, 0.1) is 6.92 Å². The number of hydrogen-bond donors (Lipinski definition) is 1. The number of carboxylic acid groups (broad SMARTS) is 1. The number of hydrogen-bond acceptors (Lipinski definition) is 3. The minimum atomic E-state index is -1.05. The third-order valence-corrected chi connectivity index (χ3v) is 1.94. The number of halogens is 1. The van der Waals surface area contributed by atoms with Crippen molar-refractivity contribution in [1.82, 2.24) is 4.98 Å². The molecule has 1 aromatic rings. The summed E-state index contributed by atoms with van der Waals surface area (Å²) in [6, 6.07) is 3.45. The van der Waals surface area contributed by atoms with E-state index in [-0.39, 0.29) is 6.61 Å². The third kappa shape index (κ3) is 4.63. The zero-order chi connectivity index (χ0) is 12.7. The van der Waals surface area contributed by atoms with Crippen LogP contribution in [0.3, 0.4) is 0 Å². The predicted octanol–water partition coefficient (Wildman–Crippen LogP) is 2.23. The van der Waals surface area contributed by atoms with E-state index >= 15 is 0 Å². The normalized spacial score (nSPS) is 10.7. The van der Waals surface area contributed by atoms with Gasteiger partial charge in [0.15, 0.2) is 0 Å². The van der Waals surface area contributed by atoms with Crippen molar-refractivity contribution < 1.29 is 19.0 Å². The van der Waals surface area contributed by atoms with Crippen LogP contribution in [0.4, 0.5) is 4.39 Å². The van der Waals surface area contributed by atoms with E-state index in [1.165, 1.54) is 6.08 Å². The van der Waals surface area contributed by atoms with Gasteiger partial charge in [0, 0.05) is 18.2 Å². The van der Waals surface area contributed by atoms with E-state index < -0.39 is 12.6 Å². The Kier molecular flexibility index (Phi) is 5.13. The summed E-state index contributed by atoms with van der Waals surface area (Å²) in [5.74, 6) is -0.593. The molecular formula is C12H14FNO3. The lowest BCUT2D eigenvalue weighted by molar-refractivity contribution is -0.131. The first-order valence-electron chi connectivity index (χ1n) is 5.21. The zero-order valence-corrected chi connectivity index (χ0v) is 9.52. The zero-order valence-electron chi connectivity index (χ0n) is 9.52. The quantitative estimate of drug-likeness (QED) is 0.611. The summed E-state index contributed by atoms with van der Waals surface area (Å²) in [7, 11) is 0. The van der Waals surface area contributed by atoms with Crippen molar-refractivity contribution in [1.29, 1.82) is 0 Å². The summed E-state index contributed by atoms with van der Waals surface area (Å²) >= 11 is 0. The van der Waals surface area contributed by atoms with Crippen molar-refractivity contribution >= 4 is 12.0 Å². The highest BCUT2D eigenvalue weighted by atomic mass is 19.1. The van der Waals surface area contributed by atoms with Crippen molar-refractivity contribution in [3.8, 4) is 5.75 Å². The van der Waals surface area contributed by atoms with Crippen molar-refractivity contribution in [3.05, 3.63) is 29.6 Å². The highest BCUT2D eigenvalue weighted by molar-refractivity contribution is 5.85. The Bertz CT molecular complexity index is 418. The molecule has 5 heteroatoms. The largest absolute Gasteiger partial charge is 0.491 e. The van der Waals surface area contributed by atoms with Crippen LogP contribution in [0.5, 0.6) is 5.75 Å². The average Bonchev–Trinajstić information content (AvgIpc) is 2.29. The first-order chi connectivity index (χ1) is 8.13. The summed E-state index contributed by atoms with van der Waals surface area (Å²) in [6.45, 7) is 1.60. The number of aryl methyl sites for hydroxylation is 1. The number of rotatable bonds is 6. The summed E-state index contributed by atoms with van der Waals surface area (Å²) < 4.78 is 17.2. The molecule has 0 atom stereocenters. The summed E-state index contributed by atoms with van der Waals surface area (Å²) in [4.78, 5) is 14.6. The van der Waals surface area contributed by atoms with Crippen molar-refractivity contribution in [2.45, 2.75) is 13.3 Å². The van der Waals surface area contributed by atoms with Gasteiger partial charge in [-0.3, -0.25) is 4.39 Å². The maximum absolute atomic E-state index is 11.9. The van der Waals surface area contributed by atoms with E-state index in [1.807, 2.05) is 0 Å². The Morgan fingerprint density at radius 2 is 2.35 bits per heavy atom. The Balaban J connectivity index is 2.83. The number of pyridine rings is 1. The molecule has 4 nitrogen and oxygen atoms in total. The average molecular weight is 239 g/mol. The van der Waals surface area contributed by atoms with Gasteiger partial charge in [0.1, 0.15) is 11.4 Å². The van der Waals surface area contributed by atoms with E-state index in [2.05, 4.69) is 4.98 Å². The third-order valence-electron chi connectivity index (χ3n) is 1.94. The van der Waals surface area contributed by atoms with Crippen LogP contribution in [0.15, 0.2) is 18.2 Å². The van der Waals surface area contributed by atoms with E-state index in [1.54, 1.807) is 19.1 Å². The van der Waals surface area contributed by atoms with E-state index in [0.29, 0.717) is 17.9 Å². The molecule has 0 unspecified atom stereocenters. The standard InChI is InChI=1S/C12H14FNO3/c1-9-3-5-11(17-8-2-7-13)10(14-9)4-6-12(15)16/h3-6H,2,7-8H2,1H3,(H,15,16)/b6-4+. The highest BCUT2D eigenvalue weighted by Crippen LogP contribution is 2.18. The van der Waals surface area contributed by atoms with Crippen LogP contribution in [-0.2, 0) is 4.79 Å². The monoisotopic (exact) mass is 239 g/mol. The second-order valence-corrected chi connectivity index (χ2v) is 3.40. The van der Waals surface area contributed by atoms with Gasteiger partial charge >= 0.3 is 5.97 Å². The molecule has 17 heavy (non-hydrogen) atoms. The van der Waals surface area contributed by atoms with Gasteiger partial charge in [-0.2, -0.15) is 0 Å². The van der Waals surface area contributed by atoms with Crippen molar-refractivity contribution in [3.63, 3.8) is 0 Å². The lowest BCUT2D eigenvalue weighted by Gasteiger charge is -2.08. The van der Waals surface area contributed by atoms with Gasteiger partial charge in [-0.1, -0.05) is 0 Å². The Hall–Kier alpha value is -1.91. The van der Waals surface area contributed by atoms with Gasteiger partial charge in [0.05, 0.1) is 13.3 Å². The lowest BCUT2D eigenvalue weighted by Crippen LogP contribution is -2.01. The van der Waals surface area contributed by atoms with Crippen LogP contribution < -0.4 is 4.74 Å². The molecule has 0 aliphatic heterocycles. The number of carboxylic acids is 1. The number of aliphatic carboxylic acids is 1. The van der Waals surface area contributed by atoms with E-state index in [0.717, 1.165) is 11.8 Å². The van der Waals surface area contributed by atoms with Gasteiger partial charge in [-0.05, 0) is 25.1 Å². The van der Waals surface area contributed by atoms with Crippen LogP contribution in [-0.4, -0.2) is 29.3 Å². The van der Waals surface area contributed by atoms with Crippen molar-refractivity contribution in [2.24, 2.45) is 0 Å². The lowest BCUT2D eigenvalue weighted by atomic mass is 10.2. The number of aromatic nitrogens is 1. The number of carbonyl (C=O) groups is 1. The van der Waals surface area contributed by atoms with Gasteiger partial charge in [0.2, 0.25) is 0 Å². The minimum absolute atomic E-state index is 0.245. The molecule has 1 heterocycles. The molecule has 0 aliphatic rings. The first kappa shape index (κ1) is 13.2. The fourth-order valence-corrected chi connectivity index (χ4v) is 1.19. The van der Waals surface area contributed by atoms with Crippen LogP contribution in [0.2, 0.25) is 0 Å². The molecule has 0 radical (unpaired) electrons. The minimum Gasteiger partial charge on any atom is -0.491 e. The molecule has 1 aromatic heterocycles. The van der Waals surface area contributed by atoms with Crippen LogP contribution in [0.25, 0.3) is 6.08 Å². The maximum Gasteiger partial charge on any atom is 0.328 e. The maximum atomic E-state index is 11.9. The van der Waals surface area contributed by atoms with E-state index in [9.17, 15) is 9.18 Å². The molecule has 92 valence electrons. The van der Waals surface area contributed by atoms with Gasteiger partial charge in [0.25, 0.3) is 0 Å². The SMILES string of the molecule is Cc1ccc(OCCCF)c(/C=C/C(=O)O)n1. The predicted molar refractivity (Wildman–Crippen MR) is 61.7 cm³/mol. The molecule has 0 aliphatic carbocycles. The van der Waals surface area contributed by atoms with Gasteiger partial charge in [-0.25, -0.2) is 9.78 Å². The molecule has 0 saturated heterocycles. The number of alkyl halides is 1. The molecule has 0 amide bonds. The summed E-state index contributed by atoms with van der Waals surface area (Å²) in [6.07, 6.45) is 2.65. The summed E-state index contributed by atoms with van der Waals surface area (Å²) in [5.41, 5.74) is 1.19. The second kappa shape index (κ2) is 6.62. The number of nitrogens with zero attached hydrogens (tertiary/aromatic N) is 1. The molecule has 1 N–H and O–H groups in total. The Labute approximate surface area is 98.8 Å².